The fraction of sp³-hybridized carbons (Fsp3) is 0.696. The van der Waals surface area contributed by atoms with E-state index in [4.69, 9.17) is 0 Å². The molecule has 1 nitrogen and oxygen atoms in total. The van der Waals surface area contributed by atoms with Gasteiger partial charge in [0, 0.05) is 17.4 Å². The molecule has 0 fully saturated rings. The van der Waals surface area contributed by atoms with Crippen molar-refractivity contribution in [2.75, 3.05) is 0 Å². The Morgan fingerprint density at radius 1 is 0.846 bits per heavy atom. The molecule has 0 amide bonds. The Balaban J connectivity index is 2.17. The highest BCUT2D eigenvalue weighted by atomic mass is 33.1. The number of carbonyl (C=O) groups excluding carboxylic acids is 1. The highest BCUT2D eigenvalue weighted by Gasteiger charge is 2.10. The maximum absolute atomic E-state index is 10.5. The van der Waals surface area contributed by atoms with Crippen LogP contribution in [0.4, 0.5) is 0 Å². The van der Waals surface area contributed by atoms with Gasteiger partial charge in [0.05, 0.1) is 0 Å². The van der Waals surface area contributed by atoms with E-state index in [-0.39, 0.29) is 0 Å². The lowest BCUT2D eigenvalue weighted by Crippen LogP contribution is -2.02. The minimum atomic E-state index is 0.728. The van der Waals surface area contributed by atoms with E-state index in [9.17, 15) is 4.79 Å². The fourth-order valence-electron chi connectivity index (χ4n) is 3.12. The van der Waals surface area contributed by atoms with Gasteiger partial charge >= 0.3 is 0 Å². The van der Waals surface area contributed by atoms with Crippen LogP contribution in [0.25, 0.3) is 0 Å². The molecule has 0 radical (unpaired) electrons. The highest BCUT2D eigenvalue weighted by Crippen LogP contribution is 2.35. The number of benzene rings is 1. The van der Waals surface area contributed by atoms with Gasteiger partial charge in [0.1, 0.15) is 6.29 Å². The van der Waals surface area contributed by atoms with Crippen molar-refractivity contribution < 1.29 is 4.79 Å². The van der Waals surface area contributed by atoms with Crippen molar-refractivity contribution in [3.63, 3.8) is 0 Å². The van der Waals surface area contributed by atoms with E-state index < -0.39 is 0 Å². The van der Waals surface area contributed by atoms with Crippen LogP contribution in [0.2, 0.25) is 0 Å². The van der Waals surface area contributed by atoms with Gasteiger partial charge in [0.15, 0.2) is 0 Å². The zero-order valence-electron chi connectivity index (χ0n) is 16.7. The number of hydrogen-bond acceptors (Lipinski definition) is 3. The zero-order valence-corrected chi connectivity index (χ0v) is 18.3. The van der Waals surface area contributed by atoms with Crippen LogP contribution in [0, 0.1) is 0 Å². The molecule has 1 rings (SSSR count). The first-order valence-corrected chi connectivity index (χ1v) is 13.0. The molecule has 1 atom stereocenters. The lowest BCUT2D eigenvalue weighted by atomic mass is 10.0. The molecule has 0 aliphatic rings. The second-order valence-corrected chi connectivity index (χ2v) is 9.85. The van der Waals surface area contributed by atoms with E-state index in [1.54, 1.807) is 0 Å². The van der Waals surface area contributed by atoms with Crippen LogP contribution < -0.4 is 0 Å². The minimum Gasteiger partial charge on any atom is -0.303 e. The van der Waals surface area contributed by atoms with Crippen LogP contribution in [0.15, 0.2) is 30.3 Å². The quantitative estimate of drug-likeness (QED) is 0.142. The topological polar surface area (TPSA) is 17.1 Å². The second kappa shape index (κ2) is 18.0. The van der Waals surface area contributed by atoms with Gasteiger partial charge in [-0.05, 0) is 24.8 Å². The third-order valence-electron chi connectivity index (χ3n) is 4.75. The average molecular weight is 395 g/mol. The second-order valence-electron chi connectivity index (χ2n) is 7.18. The van der Waals surface area contributed by atoms with Crippen molar-refractivity contribution in [3.05, 3.63) is 35.9 Å². The van der Waals surface area contributed by atoms with Gasteiger partial charge in [-0.25, -0.2) is 0 Å². The number of unbranched alkanes of at least 4 members (excludes halogenated alkanes) is 9. The van der Waals surface area contributed by atoms with Crippen LogP contribution in [0.3, 0.4) is 0 Å². The summed E-state index contributed by atoms with van der Waals surface area (Å²) >= 11 is 0. The summed E-state index contributed by atoms with van der Waals surface area (Å²) in [5.74, 6) is 1.09. The van der Waals surface area contributed by atoms with Crippen LogP contribution >= 0.6 is 21.6 Å². The Morgan fingerprint density at radius 2 is 1.46 bits per heavy atom. The molecule has 26 heavy (non-hydrogen) atoms. The number of hydrogen-bond donors (Lipinski definition) is 0. The van der Waals surface area contributed by atoms with E-state index in [0.717, 1.165) is 30.1 Å². The Bertz CT molecular complexity index is 421. The van der Waals surface area contributed by atoms with Crippen molar-refractivity contribution in [2.45, 2.75) is 101 Å². The Hall–Kier alpha value is -0.410. The molecule has 0 aromatic heterocycles. The van der Waals surface area contributed by atoms with Crippen LogP contribution in [-0.4, -0.2) is 11.5 Å². The molecule has 3 heteroatoms. The molecule has 1 aromatic carbocycles. The summed E-state index contributed by atoms with van der Waals surface area (Å²) in [4.78, 5) is 10.5. The van der Waals surface area contributed by atoms with E-state index in [2.05, 4.69) is 48.0 Å². The molecule has 0 spiro atoms. The first-order valence-electron chi connectivity index (χ1n) is 10.6. The third kappa shape index (κ3) is 13.7. The van der Waals surface area contributed by atoms with Crippen LogP contribution in [-0.2, 0) is 10.5 Å². The average Bonchev–Trinajstić information content (AvgIpc) is 2.67. The molecule has 148 valence electrons. The van der Waals surface area contributed by atoms with Gasteiger partial charge in [-0.3, -0.25) is 0 Å². The van der Waals surface area contributed by atoms with Gasteiger partial charge in [-0.2, -0.15) is 0 Å². The lowest BCUT2D eigenvalue weighted by Gasteiger charge is -2.16. The summed E-state index contributed by atoms with van der Waals surface area (Å²) in [6, 6.07) is 10.8. The summed E-state index contributed by atoms with van der Waals surface area (Å²) in [5, 5.41) is 0.746. The maximum Gasteiger partial charge on any atom is 0.119 e. The van der Waals surface area contributed by atoms with Gasteiger partial charge < -0.3 is 4.79 Å². The van der Waals surface area contributed by atoms with E-state index >= 15 is 0 Å². The Kier molecular flexibility index (Phi) is 16.3. The molecular formula is C23H38OS2. The van der Waals surface area contributed by atoms with Crippen LogP contribution in [0.1, 0.15) is 96.0 Å². The predicted octanol–water partition coefficient (Wildman–Crippen LogP) is 8.23. The summed E-state index contributed by atoms with van der Waals surface area (Å²) in [7, 11) is 4.08. The molecule has 1 unspecified atom stereocenters. The normalized spacial score (nSPS) is 12.2. The molecule has 1 aromatic rings. The van der Waals surface area contributed by atoms with Gasteiger partial charge in [-0.15, -0.1) is 0 Å². The first kappa shape index (κ1) is 23.6. The number of rotatable bonds is 18. The van der Waals surface area contributed by atoms with E-state index in [1.807, 2.05) is 10.8 Å². The Morgan fingerprint density at radius 3 is 2.12 bits per heavy atom. The van der Waals surface area contributed by atoms with Gasteiger partial charge in [0.25, 0.3) is 0 Å². The summed E-state index contributed by atoms with van der Waals surface area (Å²) in [6.45, 7) is 2.28. The molecule has 0 aliphatic heterocycles. The smallest absolute Gasteiger partial charge is 0.119 e. The fourth-order valence-corrected chi connectivity index (χ4v) is 6.00. The van der Waals surface area contributed by atoms with Crippen molar-refractivity contribution in [1.29, 1.82) is 0 Å². The summed E-state index contributed by atoms with van der Waals surface area (Å²) in [5.41, 5.74) is 1.41. The zero-order chi connectivity index (χ0) is 18.7. The Labute approximate surface area is 169 Å². The molecule has 0 bridgehead atoms. The molecule has 0 N–H and O–H groups in total. The van der Waals surface area contributed by atoms with Crippen molar-refractivity contribution in [3.8, 4) is 0 Å². The predicted molar refractivity (Wildman–Crippen MR) is 121 cm³/mol. The largest absolute Gasteiger partial charge is 0.303 e. The standard InChI is InChI=1S/C23H38OS2/c1-2-3-4-5-6-7-8-13-18-23(19-14-10-15-20-24)26-25-21-22-16-11-9-12-17-22/h9,11-12,16-17,20,23H,2-8,10,13-15,18-19,21H2,1H3. The van der Waals surface area contributed by atoms with E-state index in [1.165, 1.54) is 76.2 Å². The van der Waals surface area contributed by atoms with Crippen molar-refractivity contribution >= 4 is 27.9 Å². The summed E-state index contributed by atoms with van der Waals surface area (Å²) < 4.78 is 0. The number of aldehydes is 1. The van der Waals surface area contributed by atoms with E-state index in [0.29, 0.717) is 0 Å². The monoisotopic (exact) mass is 394 g/mol. The lowest BCUT2D eigenvalue weighted by molar-refractivity contribution is -0.107. The molecule has 0 aliphatic carbocycles. The van der Waals surface area contributed by atoms with Crippen LogP contribution in [0.5, 0.6) is 0 Å². The summed E-state index contributed by atoms with van der Waals surface area (Å²) in [6.07, 6.45) is 17.8. The third-order valence-corrected chi connectivity index (χ3v) is 7.66. The molecule has 0 saturated carbocycles. The van der Waals surface area contributed by atoms with Crippen molar-refractivity contribution in [1.82, 2.24) is 0 Å². The maximum atomic E-state index is 10.5. The molecule has 0 saturated heterocycles. The first-order chi connectivity index (χ1) is 12.9. The van der Waals surface area contributed by atoms with Crippen molar-refractivity contribution in [2.24, 2.45) is 0 Å². The highest BCUT2D eigenvalue weighted by molar-refractivity contribution is 8.76. The minimum absolute atomic E-state index is 0.728. The molecule has 0 heterocycles. The van der Waals surface area contributed by atoms with Gasteiger partial charge in [-0.1, -0.05) is 117 Å². The molecular weight excluding hydrogens is 356 g/mol. The van der Waals surface area contributed by atoms with Gasteiger partial charge in [0.2, 0.25) is 0 Å². The SMILES string of the molecule is CCCCCCCCCCC(CCCCC=O)SSCc1ccccc1. The number of carbonyl (C=O) groups is 1.